The lowest BCUT2D eigenvalue weighted by atomic mass is 10.1. The van der Waals surface area contributed by atoms with Crippen LogP contribution in [0.2, 0.25) is 0 Å². The summed E-state index contributed by atoms with van der Waals surface area (Å²) in [5.74, 6) is 0. The minimum Gasteiger partial charge on any atom is -0.329 e. The van der Waals surface area contributed by atoms with Gasteiger partial charge in [0, 0.05) is 6.54 Å². The highest BCUT2D eigenvalue weighted by molar-refractivity contribution is 7.92. The van der Waals surface area contributed by atoms with E-state index in [0.29, 0.717) is 17.7 Å². The Bertz CT molecular complexity index is 447. The van der Waals surface area contributed by atoms with Crippen molar-refractivity contribution < 1.29 is 8.42 Å². The van der Waals surface area contributed by atoms with Crippen LogP contribution in [0.3, 0.4) is 0 Å². The highest BCUT2D eigenvalue weighted by Gasteiger charge is 2.45. The van der Waals surface area contributed by atoms with Gasteiger partial charge in [-0.25, -0.2) is 8.42 Å². The quantitative estimate of drug-likeness (QED) is 0.874. The number of benzene rings is 1. The summed E-state index contributed by atoms with van der Waals surface area (Å²) in [6.45, 7) is 0.226. The van der Waals surface area contributed by atoms with Crippen molar-refractivity contribution in [3.05, 3.63) is 30.3 Å². The lowest BCUT2D eigenvalue weighted by Crippen LogP contribution is -2.43. The van der Waals surface area contributed by atoms with Crippen molar-refractivity contribution >= 4 is 9.84 Å². The summed E-state index contributed by atoms with van der Waals surface area (Å²) in [5, 5.41) is 0. The molecule has 0 amide bonds. The summed E-state index contributed by atoms with van der Waals surface area (Å²) in [4.78, 5) is 0.405. The summed E-state index contributed by atoms with van der Waals surface area (Å²) in [5.41, 5.74) is 5.71. The Hall–Kier alpha value is -0.870. The molecule has 16 heavy (non-hydrogen) atoms. The summed E-state index contributed by atoms with van der Waals surface area (Å²) in [6, 6.07) is 8.65. The molecule has 0 heterocycles. The van der Waals surface area contributed by atoms with Crippen LogP contribution in [-0.4, -0.2) is 19.7 Å². The molecule has 0 aromatic heterocycles. The van der Waals surface area contributed by atoms with Crippen LogP contribution in [0.4, 0.5) is 0 Å². The number of hydrogen-bond acceptors (Lipinski definition) is 3. The molecule has 2 rings (SSSR count). The fourth-order valence-corrected chi connectivity index (χ4v) is 4.51. The minimum atomic E-state index is -3.28. The monoisotopic (exact) mass is 239 g/mol. The van der Waals surface area contributed by atoms with E-state index >= 15 is 0 Å². The first-order valence-electron chi connectivity index (χ1n) is 5.62. The van der Waals surface area contributed by atoms with Gasteiger partial charge >= 0.3 is 0 Å². The molecule has 2 N–H and O–H groups in total. The smallest absolute Gasteiger partial charge is 0.185 e. The number of rotatable bonds is 3. The zero-order chi connectivity index (χ0) is 11.6. The normalized spacial score (nSPS) is 19.8. The van der Waals surface area contributed by atoms with Crippen LogP contribution >= 0.6 is 0 Å². The third kappa shape index (κ3) is 1.66. The maximum Gasteiger partial charge on any atom is 0.185 e. The number of hydrogen-bond donors (Lipinski definition) is 1. The predicted molar refractivity (Wildman–Crippen MR) is 63.9 cm³/mol. The van der Waals surface area contributed by atoms with E-state index in [1.165, 1.54) is 0 Å². The fraction of sp³-hybridized carbons (Fsp3) is 0.500. The first-order valence-corrected chi connectivity index (χ1v) is 7.10. The van der Waals surface area contributed by atoms with E-state index in [4.69, 9.17) is 5.73 Å². The van der Waals surface area contributed by atoms with Crippen molar-refractivity contribution in [1.82, 2.24) is 0 Å². The van der Waals surface area contributed by atoms with Crippen LogP contribution in [0.5, 0.6) is 0 Å². The van der Waals surface area contributed by atoms with E-state index < -0.39 is 14.6 Å². The van der Waals surface area contributed by atoms with Gasteiger partial charge in [0.05, 0.1) is 9.64 Å². The van der Waals surface area contributed by atoms with Crippen molar-refractivity contribution in [1.29, 1.82) is 0 Å². The van der Waals surface area contributed by atoms with Gasteiger partial charge in [-0.2, -0.15) is 0 Å². The van der Waals surface area contributed by atoms with Gasteiger partial charge in [-0.15, -0.1) is 0 Å². The van der Waals surface area contributed by atoms with E-state index in [9.17, 15) is 8.42 Å². The molecule has 0 saturated heterocycles. The molecule has 88 valence electrons. The van der Waals surface area contributed by atoms with Gasteiger partial charge in [-0.3, -0.25) is 0 Å². The van der Waals surface area contributed by atoms with Gasteiger partial charge in [-0.05, 0) is 25.0 Å². The number of sulfone groups is 1. The van der Waals surface area contributed by atoms with Crippen LogP contribution in [0.15, 0.2) is 35.2 Å². The highest BCUT2D eigenvalue weighted by Crippen LogP contribution is 2.39. The molecule has 1 aliphatic carbocycles. The average molecular weight is 239 g/mol. The van der Waals surface area contributed by atoms with Gasteiger partial charge in [-0.1, -0.05) is 31.0 Å². The van der Waals surface area contributed by atoms with Gasteiger partial charge in [0.25, 0.3) is 0 Å². The third-order valence-electron chi connectivity index (χ3n) is 3.51. The van der Waals surface area contributed by atoms with Gasteiger partial charge < -0.3 is 5.73 Å². The molecule has 0 aliphatic heterocycles. The third-order valence-corrected chi connectivity index (χ3v) is 6.12. The second kappa shape index (κ2) is 4.18. The van der Waals surface area contributed by atoms with E-state index in [0.717, 1.165) is 12.8 Å². The second-order valence-electron chi connectivity index (χ2n) is 4.41. The van der Waals surface area contributed by atoms with Crippen LogP contribution in [0.1, 0.15) is 25.7 Å². The molecule has 0 atom stereocenters. The van der Waals surface area contributed by atoms with Crippen molar-refractivity contribution in [2.75, 3.05) is 6.54 Å². The standard InChI is InChI=1S/C12H17NO2S/c13-10-12(8-4-5-9-12)16(14,15)11-6-2-1-3-7-11/h1-3,6-7H,4-5,8-10,13H2. The molecule has 0 spiro atoms. The van der Waals surface area contributed by atoms with Crippen LogP contribution in [0.25, 0.3) is 0 Å². The molecule has 3 nitrogen and oxygen atoms in total. The lowest BCUT2D eigenvalue weighted by molar-refractivity contribution is 0.515. The topological polar surface area (TPSA) is 60.2 Å². The van der Waals surface area contributed by atoms with Crippen molar-refractivity contribution in [3.8, 4) is 0 Å². The van der Waals surface area contributed by atoms with Crippen molar-refractivity contribution in [2.45, 2.75) is 35.3 Å². The van der Waals surface area contributed by atoms with Crippen molar-refractivity contribution in [3.63, 3.8) is 0 Å². The van der Waals surface area contributed by atoms with Crippen LogP contribution < -0.4 is 5.73 Å². The molecule has 4 heteroatoms. The Kier molecular flexibility index (Phi) is 3.04. The Morgan fingerprint density at radius 2 is 1.69 bits per heavy atom. The summed E-state index contributed by atoms with van der Waals surface area (Å²) < 4.78 is 24.3. The van der Waals surface area contributed by atoms with Crippen molar-refractivity contribution in [2.24, 2.45) is 5.73 Å². The van der Waals surface area contributed by atoms with Gasteiger partial charge in [0.15, 0.2) is 9.84 Å². The summed E-state index contributed by atoms with van der Waals surface area (Å²) in [7, 11) is -3.28. The Balaban J connectivity index is 2.46. The Labute approximate surface area is 96.6 Å². The molecule has 1 saturated carbocycles. The van der Waals surface area contributed by atoms with Crippen LogP contribution in [-0.2, 0) is 9.84 Å². The summed E-state index contributed by atoms with van der Waals surface area (Å²) in [6.07, 6.45) is 3.31. The van der Waals surface area contributed by atoms with E-state index in [2.05, 4.69) is 0 Å². The minimum absolute atomic E-state index is 0.226. The molecular weight excluding hydrogens is 222 g/mol. The molecule has 1 aromatic carbocycles. The summed E-state index contributed by atoms with van der Waals surface area (Å²) >= 11 is 0. The highest BCUT2D eigenvalue weighted by atomic mass is 32.2. The van der Waals surface area contributed by atoms with E-state index in [-0.39, 0.29) is 6.54 Å². The molecule has 1 aliphatic rings. The van der Waals surface area contributed by atoms with E-state index in [1.807, 2.05) is 6.07 Å². The molecular formula is C12H17NO2S. The zero-order valence-corrected chi connectivity index (χ0v) is 10.0. The number of nitrogens with two attached hydrogens (primary N) is 1. The average Bonchev–Trinajstić information content (AvgIpc) is 2.80. The fourth-order valence-electron chi connectivity index (χ4n) is 2.45. The molecule has 0 radical (unpaired) electrons. The van der Waals surface area contributed by atoms with Gasteiger partial charge in [0.1, 0.15) is 0 Å². The van der Waals surface area contributed by atoms with Crippen LogP contribution in [0, 0.1) is 0 Å². The maximum atomic E-state index is 12.5. The largest absolute Gasteiger partial charge is 0.329 e. The molecule has 0 bridgehead atoms. The maximum absolute atomic E-state index is 12.5. The predicted octanol–water partition coefficient (Wildman–Crippen LogP) is 1.73. The molecule has 1 aromatic rings. The second-order valence-corrected chi connectivity index (χ2v) is 6.76. The van der Waals surface area contributed by atoms with E-state index in [1.54, 1.807) is 24.3 Å². The zero-order valence-electron chi connectivity index (χ0n) is 9.22. The Morgan fingerprint density at radius 1 is 1.12 bits per heavy atom. The molecule has 1 fully saturated rings. The first-order chi connectivity index (χ1) is 7.62. The first kappa shape index (κ1) is 11.6. The molecule has 0 unspecified atom stereocenters. The SMILES string of the molecule is NCC1(S(=O)(=O)c2ccccc2)CCCC1. The van der Waals surface area contributed by atoms with Gasteiger partial charge in [0.2, 0.25) is 0 Å². The Morgan fingerprint density at radius 3 is 2.19 bits per heavy atom. The lowest BCUT2D eigenvalue weighted by Gasteiger charge is -2.27.